The van der Waals surface area contributed by atoms with Gasteiger partial charge in [-0.25, -0.2) is 9.38 Å². The van der Waals surface area contributed by atoms with Gasteiger partial charge in [-0.05, 0) is 44.7 Å². The van der Waals surface area contributed by atoms with E-state index >= 15 is 0 Å². The molecule has 0 unspecified atom stereocenters. The molecule has 0 spiro atoms. The molecule has 1 aliphatic carbocycles. The Morgan fingerprint density at radius 3 is 2.67 bits per heavy atom. The predicted molar refractivity (Wildman–Crippen MR) is 127 cm³/mol. The molecule has 2 N–H and O–H groups in total. The minimum atomic E-state index is -0.152. The zero-order valence-electron chi connectivity index (χ0n) is 17.9. The lowest BCUT2D eigenvalue weighted by molar-refractivity contribution is 0.145. The van der Waals surface area contributed by atoms with Crippen LogP contribution >= 0.6 is 24.0 Å². The van der Waals surface area contributed by atoms with Gasteiger partial charge in [0.25, 0.3) is 0 Å². The van der Waals surface area contributed by atoms with E-state index in [-0.39, 0.29) is 35.2 Å². The molecule has 0 amide bonds. The first-order chi connectivity index (χ1) is 14.1. The monoisotopic (exact) mass is 530 g/mol. The summed E-state index contributed by atoms with van der Waals surface area (Å²) in [6, 6.07) is 7.05. The average molecular weight is 530 g/mol. The maximum absolute atomic E-state index is 14.3. The molecule has 2 aromatic rings. The number of aromatic nitrogens is 3. The van der Waals surface area contributed by atoms with Crippen molar-refractivity contribution >= 4 is 29.9 Å². The van der Waals surface area contributed by atoms with E-state index in [2.05, 4.69) is 25.8 Å². The van der Waals surface area contributed by atoms with Gasteiger partial charge in [0.15, 0.2) is 11.8 Å². The van der Waals surface area contributed by atoms with Crippen LogP contribution in [0.25, 0.3) is 0 Å². The molecular formula is C21H32FIN6O. The lowest BCUT2D eigenvalue weighted by atomic mass is 9.95. The average Bonchev–Trinajstić information content (AvgIpc) is 3.44. The summed E-state index contributed by atoms with van der Waals surface area (Å²) in [7, 11) is 1.93. The number of nitrogens with zero attached hydrogens (tertiary/aromatic N) is 4. The van der Waals surface area contributed by atoms with E-state index in [9.17, 15) is 4.39 Å². The van der Waals surface area contributed by atoms with Crippen molar-refractivity contribution in [2.24, 2.45) is 12.0 Å². The molecule has 0 radical (unpaired) electrons. The molecule has 1 aliphatic rings. The zero-order chi connectivity index (χ0) is 20.7. The molecule has 0 bridgehead atoms. The fourth-order valence-corrected chi connectivity index (χ4v) is 3.27. The molecule has 7 nitrogen and oxygen atoms in total. The van der Waals surface area contributed by atoms with Gasteiger partial charge in [-0.15, -0.1) is 34.2 Å². The molecule has 0 atom stereocenters. The Labute approximate surface area is 194 Å². The van der Waals surface area contributed by atoms with Gasteiger partial charge >= 0.3 is 0 Å². The second kappa shape index (κ2) is 11.6. The number of aryl methyl sites for hydroxylation is 1. The third-order valence-electron chi connectivity index (χ3n) is 5.42. The van der Waals surface area contributed by atoms with Crippen LogP contribution < -0.4 is 10.6 Å². The standard InChI is InChI=1S/C21H31FN6O.HI/c1-4-29-13-7-12-23-20(24-14-19-27-26-16(2)28(19)3)25-15-21(10-11-21)17-8-5-6-9-18(17)22;/h5-6,8-9H,4,7,10-15H2,1-3H3,(H2,23,24,25);1H. The summed E-state index contributed by atoms with van der Waals surface area (Å²) < 4.78 is 21.6. The van der Waals surface area contributed by atoms with Crippen molar-refractivity contribution in [3.8, 4) is 0 Å². The van der Waals surface area contributed by atoms with Gasteiger partial charge in [-0.1, -0.05) is 18.2 Å². The first-order valence-corrected chi connectivity index (χ1v) is 10.3. The second-order valence-electron chi connectivity index (χ2n) is 7.48. The minimum absolute atomic E-state index is 0. The summed E-state index contributed by atoms with van der Waals surface area (Å²) >= 11 is 0. The fourth-order valence-electron chi connectivity index (χ4n) is 3.27. The summed E-state index contributed by atoms with van der Waals surface area (Å²) in [5.41, 5.74) is 0.632. The Kier molecular flexibility index (Phi) is 9.47. The second-order valence-corrected chi connectivity index (χ2v) is 7.48. The first kappa shape index (κ1) is 24.5. The number of aliphatic imine (C=N–C) groups is 1. The number of hydrogen-bond acceptors (Lipinski definition) is 4. The number of rotatable bonds is 10. The number of benzene rings is 1. The van der Waals surface area contributed by atoms with Gasteiger partial charge in [-0.3, -0.25) is 0 Å². The van der Waals surface area contributed by atoms with Crippen molar-refractivity contribution in [3.05, 3.63) is 47.3 Å². The summed E-state index contributed by atoms with van der Waals surface area (Å²) in [5.74, 6) is 2.22. The SMILES string of the molecule is CCOCCCNC(=NCc1nnc(C)n1C)NCC1(c2ccccc2F)CC1.I. The molecule has 9 heteroatoms. The van der Waals surface area contributed by atoms with Crippen molar-refractivity contribution < 1.29 is 9.13 Å². The van der Waals surface area contributed by atoms with E-state index in [1.54, 1.807) is 6.07 Å². The molecule has 3 rings (SSSR count). The van der Waals surface area contributed by atoms with Gasteiger partial charge in [0.1, 0.15) is 18.2 Å². The van der Waals surface area contributed by atoms with Gasteiger partial charge in [0.2, 0.25) is 0 Å². The lowest BCUT2D eigenvalue weighted by Crippen LogP contribution is -2.42. The molecule has 1 aromatic carbocycles. The highest BCUT2D eigenvalue weighted by molar-refractivity contribution is 14.0. The van der Waals surface area contributed by atoms with E-state index < -0.39 is 0 Å². The third-order valence-corrected chi connectivity index (χ3v) is 5.42. The number of hydrogen-bond donors (Lipinski definition) is 2. The van der Waals surface area contributed by atoms with Crippen LogP contribution in [0.5, 0.6) is 0 Å². The van der Waals surface area contributed by atoms with Crippen molar-refractivity contribution in [1.82, 2.24) is 25.4 Å². The molecule has 1 heterocycles. The predicted octanol–water partition coefficient (Wildman–Crippen LogP) is 3.07. The highest BCUT2D eigenvalue weighted by Crippen LogP contribution is 2.48. The molecule has 1 aromatic heterocycles. The van der Waals surface area contributed by atoms with E-state index in [0.29, 0.717) is 25.7 Å². The van der Waals surface area contributed by atoms with E-state index in [4.69, 9.17) is 4.74 Å². The van der Waals surface area contributed by atoms with Crippen LogP contribution in [0.2, 0.25) is 0 Å². The number of halogens is 2. The smallest absolute Gasteiger partial charge is 0.191 e. The summed E-state index contributed by atoms with van der Waals surface area (Å²) in [6.45, 7) is 7.14. The Balaban J connectivity index is 0.00000320. The minimum Gasteiger partial charge on any atom is -0.382 e. The molecular weight excluding hydrogens is 498 g/mol. The quantitative estimate of drug-likeness (QED) is 0.214. The van der Waals surface area contributed by atoms with Crippen LogP contribution in [-0.4, -0.2) is 47.0 Å². The van der Waals surface area contributed by atoms with Crippen LogP contribution in [-0.2, 0) is 23.7 Å². The van der Waals surface area contributed by atoms with E-state index in [0.717, 1.165) is 49.6 Å². The fraction of sp³-hybridized carbons (Fsp3) is 0.571. The Morgan fingerprint density at radius 2 is 2.03 bits per heavy atom. The molecule has 0 aliphatic heterocycles. The highest BCUT2D eigenvalue weighted by Gasteiger charge is 2.45. The summed E-state index contributed by atoms with van der Waals surface area (Å²) in [4.78, 5) is 4.67. The van der Waals surface area contributed by atoms with Gasteiger partial charge in [0, 0.05) is 38.8 Å². The van der Waals surface area contributed by atoms with Gasteiger partial charge < -0.3 is 19.9 Å². The van der Waals surface area contributed by atoms with Crippen LogP contribution in [0, 0.1) is 12.7 Å². The number of nitrogens with one attached hydrogen (secondary N) is 2. The molecule has 166 valence electrons. The maximum Gasteiger partial charge on any atom is 0.191 e. The Hall–Kier alpha value is -1.75. The zero-order valence-corrected chi connectivity index (χ0v) is 20.3. The van der Waals surface area contributed by atoms with Crippen LogP contribution in [0.1, 0.15) is 43.4 Å². The third kappa shape index (κ3) is 6.37. The van der Waals surface area contributed by atoms with Gasteiger partial charge in [0.05, 0.1) is 0 Å². The number of guanidine groups is 1. The lowest BCUT2D eigenvalue weighted by Gasteiger charge is -2.20. The van der Waals surface area contributed by atoms with Crippen LogP contribution in [0.3, 0.4) is 0 Å². The highest BCUT2D eigenvalue weighted by atomic mass is 127. The normalized spacial score (nSPS) is 14.9. The summed E-state index contributed by atoms with van der Waals surface area (Å²) in [6.07, 6.45) is 2.83. The topological polar surface area (TPSA) is 76.4 Å². The van der Waals surface area contributed by atoms with Crippen LogP contribution in [0.4, 0.5) is 4.39 Å². The van der Waals surface area contributed by atoms with Crippen LogP contribution in [0.15, 0.2) is 29.3 Å². The molecule has 30 heavy (non-hydrogen) atoms. The van der Waals surface area contributed by atoms with Gasteiger partial charge in [-0.2, -0.15) is 0 Å². The molecule has 1 fully saturated rings. The molecule has 1 saturated carbocycles. The van der Waals surface area contributed by atoms with Crippen molar-refractivity contribution in [2.75, 3.05) is 26.3 Å². The summed E-state index contributed by atoms with van der Waals surface area (Å²) in [5, 5.41) is 15.0. The largest absolute Gasteiger partial charge is 0.382 e. The molecule has 0 saturated heterocycles. The maximum atomic E-state index is 14.3. The van der Waals surface area contributed by atoms with Crippen molar-refractivity contribution in [3.63, 3.8) is 0 Å². The van der Waals surface area contributed by atoms with Crippen molar-refractivity contribution in [1.29, 1.82) is 0 Å². The van der Waals surface area contributed by atoms with Crippen molar-refractivity contribution in [2.45, 2.75) is 45.1 Å². The van der Waals surface area contributed by atoms with E-state index in [1.165, 1.54) is 6.07 Å². The Bertz CT molecular complexity index is 837. The Morgan fingerprint density at radius 1 is 1.27 bits per heavy atom. The van der Waals surface area contributed by atoms with E-state index in [1.807, 2.05) is 37.6 Å². The first-order valence-electron chi connectivity index (χ1n) is 10.3. The number of ether oxygens (including phenoxy) is 1.